The Balaban J connectivity index is 1.38. The first-order valence-electron chi connectivity index (χ1n) is 7.89. The van der Waals surface area contributed by atoms with Gasteiger partial charge in [-0.2, -0.15) is 5.01 Å². The number of hydrogen-bond donors (Lipinski definition) is 1. The first-order valence-corrected chi connectivity index (χ1v) is 8.65. The second-order valence-corrected chi connectivity index (χ2v) is 7.25. The lowest BCUT2D eigenvalue weighted by molar-refractivity contribution is -0.150. The van der Waals surface area contributed by atoms with Crippen molar-refractivity contribution in [2.24, 2.45) is 23.7 Å². The number of benzene rings is 1. The van der Waals surface area contributed by atoms with Gasteiger partial charge in [-0.25, -0.2) is 0 Å². The summed E-state index contributed by atoms with van der Waals surface area (Å²) in [5, 5.41) is 1.56. The van der Waals surface area contributed by atoms with Crippen LogP contribution < -0.4 is 10.2 Å². The molecule has 0 radical (unpaired) electrons. The predicted octanol–water partition coefficient (Wildman–Crippen LogP) is 2.21. The SMILES string of the molecule is O=C(COc1ccc(Cl)cc1Cl)NN1C(=O)[C@@H]2[C@H](C1=O)[C@@H]1C=C[C@@H]2C1. The first-order chi connectivity index (χ1) is 12.0. The zero-order chi connectivity index (χ0) is 17.7. The Morgan fingerprint density at radius 1 is 1.16 bits per heavy atom. The average Bonchev–Trinajstić information content (AvgIpc) is 3.24. The van der Waals surface area contributed by atoms with Gasteiger partial charge in [-0.3, -0.25) is 19.8 Å². The fraction of sp³-hybridized carbons (Fsp3) is 0.353. The Kier molecular flexibility index (Phi) is 3.96. The number of imide groups is 1. The second kappa shape index (κ2) is 6.04. The molecule has 1 saturated heterocycles. The highest BCUT2D eigenvalue weighted by Gasteiger charge is 2.59. The number of carbonyl (C=O) groups is 3. The third-order valence-electron chi connectivity index (χ3n) is 4.96. The third-order valence-corrected chi connectivity index (χ3v) is 5.49. The van der Waals surface area contributed by atoms with E-state index in [9.17, 15) is 14.4 Å². The number of ether oxygens (including phenoxy) is 1. The van der Waals surface area contributed by atoms with Gasteiger partial charge in [0.2, 0.25) is 0 Å². The summed E-state index contributed by atoms with van der Waals surface area (Å²) in [4.78, 5) is 37.0. The lowest BCUT2D eigenvalue weighted by Crippen LogP contribution is -2.48. The van der Waals surface area contributed by atoms with Crippen molar-refractivity contribution < 1.29 is 19.1 Å². The van der Waals surface area contributed by atoms with Crippen LogP contribution in [-0.2, 0) is 14.4 Å². The maximum absolute atomic E-state index is 12.5. The van der Waals surface area contributed by atoms with Crippen LogP contribution >= 0.6 is 23.2 Å². The number of allylic oxidation sites excluding steroid dienone is 2. The highest BCUT2D eigenvalue weighted by Crippen LogP contribution is 2.52. The number of halogens is 2. The molecule has 1 aromatic rings. The Morgan fingerprint density at radius 2 is 1.80 bits per heavy atom. The van der Waals surface area contributed by atoms with Gasteiger partial charge in [0.05, 0.1) is 16.9 Å². The van der Waals surface area contributed by atoms with Crippen LogP contribution in [0.3, 0.4) is 0 Å². The quantitative estimate of drug-likeness (QED) is 0.641. The van der Waals surface area contributed by atoms with Crippen LogP contribution in [0, 0.1) is 23.7 Å². The van der Waals surface area contributed by atoms with Gasteiger partial charge in [0.25, 0.3) is 17.7 Å². The topological polar surface area (TPSA) is 75.7 Å². The van der Waals surface area contributed by atoms with E-state index >= 15 is 0 Å². The van der Waals surface area contributed by atoms with Gasteiger partial charge < -0.3 is 4.74 Å². The van der Waals surface area contributed by atoms with E-state index in [0.717, 1.165) is 11.4 Å². The summed E-state index contributed by atoms with van der Waals surface area (Å²) in [6.07, 6.45) is 4.83. The van der Waals surface area contributed by atoms with Crippen molar-refractivity contribution in [1.82, 2.24) is 10.4 Å². The molecule has 0 unspecified atom stereocenters. The molecule has 130 valence electrons. The lowest BCUT2D eigenvalue weighted by atomic mass is 9.85. The summed E-state index contributed by atoms with van der Waals surface area (Å²) >= 11 is 11.8. The number of nitrogens with one attached hydrogen (secondary N) is 1. The minimum Gasteiger partial charge on any atom is -0.482 e. The number of carbonyl (C=O) groups excluding carboxylic acids is 3. The van der Waals surface area contributed by atoms with Crippen molar-refractivity contribution in [1.29, 1.82) is 0 Å². The number of hydrazine groups is 1. The predicted molar refractivity (Wildman–Crippen MR) is 89.7 cm³/mol. The van der Waals surface area contributed by atoms with Crippen LogP contribution in [0.4, 0.5) is 0 Å². The van der Waals surface area contributed by atoms with Crippen LogP contribution in [0.2, 0.25) is 10.0 Å². The monoisotopic (exact) mass is 380 g/mol. The van der Waals surface area contributed by atoms with Gasteiger partial charge in [-0.1, -0.05) is 35.4 Å². The molecule has 6 nitrogen and oxygen atoms in total. The van der Waals surface area contributed by atoms with E-state index in [-0.39, 0.29) is 47.1 Å². The molecule has 0 aromatic heterocycles. The molecule has 1 heterocycles. The average molecular weight is 381 g/mol. The molecule has 4 rings (SSSR count). The number of hydrogen-bond acceptors (Lipinski definition) is 4. The van der Waals surface area contributed by atoms with E-state index in [0.29, 0.717) is 10.8 Å². The Morgan fingerprint density at radius 3 is 2.40 bits per heavy atom. The Bertz CT molecular complexity index is 780. The lowest BCUT2D eigenvalue weighted by Gasteiger charge is -2.18. The maximum atomic E-state index is 12.5. The normalized spacial score (nSPS) is 29.3. The van der Waals surface area contributed by atoms with Crippen LogP contribution in [0.5, 0.6) is 5.75 Å². The van der Waals surface area contributed by atoms with Gasteiger partial charge in [-0.15, -0.1) is 0 Å². The van der Waals surface area contributed by atoms with Crippen molar-refractivity contribution in [3.05, 3.63) is 40.4 Å². The molecule has 1 aliphatic heterocycles. The van der Waals surface area contributed by atoms with E-state index < -0.39 is 5.91 Å². The fourth-order valence-corrected chi connectivity index (χ4v) is 4.37. The summed E-state index contributed by atoms with van der Waals surface area (Å²) in [6.45, 7) is -0.376. The molecule has 4 atom stereocenters. The molecule has 8 heteroatoms. The Labute approximate surface area is 153 Å². The number of nitrogens with zero attached hydrogens (tertiary/aromatic N) is 1. The van der Waals surface area contributed by atoms with Crippen molar-refractivity contribution in [2.75, 3.05) is 6.61 Å². The van der Waals surface area contributed by atoms with Gasteiger partial charge in [0, 0.05) is 5.02 Å². The minimum absolute atomic E-state index is 0.0949. The molecule has 25 heavy (non-hydrogen) atoms. The summed E-state index contributed by atoms with van der Waals surface area (Å²) < 4.78 is 5.32. The largest absolute Gasteiger partial charge is 0.482 e. The smallest absolute Gasteiger partial charge is 0.276 e. The molecule has 1 saturated carbocycles. The molecule has 2 bridgehead atoms. The number of amides is 3. The minimum atomic E-state index is -0.604. The molecular formula is C17H14Cl2N2O4. The van der Waals surface area contributed by atoms with Crippen LogP contribution in [0.1, 0.15) is 6.42 Å². The highest BCUT2D eigenvalue weighted by atomic mass is 35.5. The van der Waals surface area contributed by atoms with Crippen molar-refractivity contribution >= 4 is 40.9 Å². The first kappa shape index (κ1) is 16.4. The number of rotatable bonds is 4. The van der Waals surface area contributed by atoms with E-state index in [1.807, 2.05) is 12.2 Å². The standard InChI is InChI=1S/C17H14Cl2N2O4/c18-10-3-4-12(11(19)6-10)25-7-13(22)20-21-16(23)14-8-1-2-9(5-8)15(14)17(21)24/h1-4,6,8-9,14-15H,5,7H2,(H,20,22)/t8-,9-,14-,15+/m1/s1. The molecule has 1 N–H and O–H groups in total. The van der Waals surface area contributed by atoms with E-state index in [1.54, 1.807) is 6.07 Å². The van der Waals surface area contributed by atoms with Gasteiger partial charge in [0.15, 0.2) is 6.61 Å². The molecule has 1 aromatic carbocycles. The molecule has 3 amide bonds. The van der Waals surface area contributed by atoms with Gasteiger partial charge >= 0.3 is 0 Å². The van der Waals surface area contributed by atoms with Crippen molar-refractivity contribution in [3.63, 3.8) is 0 Å². The molecule has 2 aliphatic carbocycles. The Hall–Kier alpha value is -2.05. The summed E-state index contributed by atoms with van der Waals surface area (Å²) in [5.41, 5.74) is 2.35. The van der Waals surface area contributed by atoms with Crippen LogP contribution in [-0.4, -0.2) is 29.3 Å². The zero-order valence-corrected chi connectivity index (χ0v) is 14.5. The fourth-order valence-electron chi connectivity index (χ4n) is 3.91. The van der Waals surface area contributed by atoms with E-state index in [4.69, 9.17) is 27.9 Å². The molecule has 0 spiro atoms. The highest BCUT2D eigenvalue weighted by molar-refractivity contribution is 6.35. The summed E-state index contributed by atoms with van der Waals surface area (Å²) in [7, 11) is 0. The van der Waals surface area contributed by atoms with E-state index in [2.05, 4.69) is 5.43 Å². The summed E-state index contributed by atoms with van der Waals surface area (Å²) in [6, 6.07) is 4.61. The number of fused-ring (bicyclic) bond motifs is 5. The van der Waals surface area contributed by atoms with Gasteiger partial charge in [0.1, 0.15) is 5.75 Å². The summed E-state index contributed by atoms with van der Waals surface area (Å²) in [5.74, 6) is -1.51. The van der Waals surface area contributed by atoms with Crippen molar-refractivity contribution in [2.45, 2.75) is 6.42 Å². The van der Waals surface area contributed by atoms with Gasteiger partial charge in [-0.05, 0) is 36.5 Å². The van der Waals surface area contributed by atoms with Crippen LogP contribution in [0.25, 0.3) is 0 Å². The third kappa shape index (κ3) is 2.69. The second-order valence-electron chi connectivity index (χ2n) is 6.41. The van der Waals surface area contributed by atoms with Crippen molar-refractivity contribution in [3.8, 4) is 5.75 Å². The van der Waals surface area contributed by atoms with Crippen LogP contribution in [0.15, 0.2) is 30.4 Å². The molecule has 3 aliphatic rings. The molecular weight excluding hydrogens is 367 g/mol. The van der Waals surface area contributed by atoms with E-state index in [1.165, 1.54) is 12.1 Å². The zero-order valence-electron chi connectivity index (χ0n) is 12.9. The molecule has 2 fully saturated rings. The maximum Gasteiger partial charge on any atom is 0.276 e.